The molecule has 2 N–H and O–H groups in total. The van der Waals surface area contributed by atoms with Crippen LogP contribution < -0.4 is 5.73 Å². The van der Waals surface area contributed by atoms with E-state index in [1.165, 1.54) is 19.3 Å². The Balaban J connectivity index is 1.83. The molecule has 1 saturated heterocycles. The average molecular weight is 254 g/mol. The number of carbonyl (C=O) groups is 1. The standard InChI is InChI=1S/C14H26N2O2/c1-2-11-3-5-12(6-4-11)14(17)16-7-8-18-13(9-15)10-16/h11-13H,2-10,15H2,1H3. The summed E-state index contributed by atoms with van der Waals surface area (Å²) in [6, 6.07) is 0. The number of rotatable bonds is 3. The first-order valence-electron chi connectivity index (χ1n) is 7.35. The van der Waals surface area contributed by atoms with Gasteiger partial charge >= 0.3 is 0 Å². The molecule has 4 heteroatoms. The van der Waals surface area contributed by atoms with Gasteiger partial charge in [-0.05, 0) is 31.6 Å². The van der Waals surface area contributed by atoms with Gasteiger partial charge in [-0.15, -0.1) is 0 Å². The average Bonchev–Trinajstić information content (AvgIpc) is 2.46. The molecule has 1 amide bonds. The number of nitrogens with two attached hydrogens (primary N) is 1. The van der Waals surface area contributed by atoms with Gasteiger partial charge in [-0.1, -0.05) is 13.3 Å². The van der Waals surface area contributed by atoms with Gasteiger partial charge < -0.3 is 15.4 Å². The van der Waals surface area contributed by atoms with E-state index in [9.17, 15) is 4.79 Å². The van der Waals surface area contributed by atoms with Gasteiger partial charge in [-0.3, -0.25) is 4.79 Å². The Labute approximate surface area is 110 Å². The number of hydrogen-bond donors (Lipinski definition) is 1. The summed E-state index contributed by atoms with van der Waals surface area (Å²) in [4.78, 5) is 14.4. The Morgan fingerprint density at radius 3 is 2.67 bits per heavy atom. The molecular weight excluding hydrogens is 228 g/mol. The highest BCUT2D eigenvalue weighted by atomic mass is 16.5. The van der Waals surface area contributed by atoms with Gasteiger partial charge in [-0.2, -0.15) is 0 Å². The van der Waals surface area contributed by atoms with Gasteiger partial charge in [0.05, 0.1) is 12.7 Å². The van der Waals surface area contributed by atoms with Crippen LogP contribution in [0.2, 0.25) is 0 Å². The van der Waals surface area contributed by atoms with Crippen LogP contribution in [0.25, 0.3) is 0 Å². The maximum atomic E-state index is 12.4. The van der Waals surface area contributed by atoms with Crippen molar-refractivity contribution in [2.45, 2.75) is 45.1 Å². The molecule has 2 aliphatic rings. The number of nitrogens with zero attached hydrogens (tertiary/aromatic N) is 1. The van der Waals surface area contributed by atoms with Crippen molar-refractivity contribution >= 4 is 5.91 Å². The number of amides is 1. The molecule has 1 unspecified atom stereocenters. The molecule has 1 heterocycles. The summed E-state index contributed by atoms with van der Waals surface area (Å²) in [5, 5.41) is 0. The quantitative estimate of drug-likeness (QED) is 0.828. The van der Waals surface area contributed by atoms with Crippen molar-refractivity contribution in [1.29, 1.82) is 0 Å². The van der Waals surface area contributed by atoms with Crippen molar-refractivity contribution in [3.05, 3.63) is 0 Å². The van der Waals surface area contributed by atoms with E-state index in [1.54, 1.807) is 0 Å². The van der Waals surface area contributed by atoms with Crippen molar-refractivity contribution in [3.63, 3.8) is 0 Å². The molecule has 0 spiro atoms. The van der Waals surface area contributed by atoms with Gasteiger partial charge in [0.15, 0.2) is 0 Å². The molecular formula is C14H26N2O2. The second kappa shape index (κ2) is 6.53. The Morgan fingerprint density at radius 1 is 1.33 bits per heavy atom. The third-order valence-corrected chi connectivity index (χ3v) is 4.49. The second-order valence-corrected chi connectivity index (χ2v) is 5.64. The summed E-state index contributed by atoms with van der Waals surface area (Å²) < 4.78 is 5.51. The first-order chi connectivity index (χ1) is 8.74. The maximum absolute atomic E-state index is 12.4. The molecule has 0 aromatic heterocycles. The lowest BCUT2D eigenvalue weighted by Gasteiger charge is -2.36. The Hall–Kier alpha value is -0.610. The molecule has 1 aliphatic carbocycles. The zero-order valence-electron chi connectivity index (χ0n) is 11.4. The van der Waals surface area contributed by atoms with E-state index in [0.29, 0.717) is 25.6 Å². The minimum absolute atomic E-state index is 0.0367. The Kier molecular flexibility index (Phi) is 5.01. The summed E-state index contributed by atoms with van der Waals surface area (Å²) in [6.07, 6.45) is 5.88. The van der Waals surface area contributed by atoms with Crippen molar-refractivity contribution in [2.75, 3.05) is 26.2 Å². The molecule has 1 atom stereocenters. The van der Waals surface area contributed by atoms with Crippen molar-refractivity contribution < 1.29 is 9.53 Å². The monoisotopic (exact) mass is 254 g/mol. The summed E-state index contributed by atoms with van der Waals surface area (Å²) in [5.41, 5.74) is 5.62. The van der Waals surface area contributed by atoms with E-state index in [0.717, 1.165) is 25.3 Å². The molecule has 2 rings (SSSR count). The zero-order chi connectivity index (χ0) is 13.0. The molecule has 2 fully saturated rings. The van der Waals surface area contributed by atoms with E-state index in [1.807, 2.05) is 4.90 Å². The van der Waals surface area contributed by atoms with E-state index < -0.39 is 0 Å². The van der Waals surface area contributed by atoms with Crippen LogP contribution in [0, 0.1) is 11.8 Å². The van der Waals surface area contributed by atoms with E-state index in [2.05, 4.69) is 6.92 Å². The van der Waals surface area contributed by atoms with Gasteiger partial charge in [0.2, 0.25) is 5.91 Å². The Morgan fingerprint density at radius 2 is 2.06 bits per heavy atom. The van der Waals surface area contributed by atoms with Crippen LogP contribution in [-0.4, -0.2) is 43.2 Å². The third kappa shape index (κ3) is 3.23. The summed E-state index contributed by atoms with van der Waals surface area (Å²) in [5.74, 6) is 1.44. The van der Waals surface area contributed by atoms with Crippen molar-refractivity contribution in [2.24, 2.45) is 17.6 Å². The maximum Gasteiger partial charge on any atom is 0.225 e. The van der Waals surface area contributed by atoms with Crippen LogP contribution >= 0.6 is 0 Å². The minimum Gasteiger partial charge on any atom is -0.373 e. The van der Waals surface area contributed by atoms with E-state index in [-0.39, 0.29) is 12.0 Å². The predicted molar refractivity (Wildman–Crippen MR) is 71.1 cm³/mol. The van der Waals surface area contributed by atoms with E-state index in [4.69, 9.17) is 10.5 Å². The highest BCUT2D eigenvalue weighted by molar-refractivity contribution is 5.79. The van der Waals surface area contributed by atoms with Crippen molar-refractivity contribution in [3.8, 4) is 0 Å². The van der Waals surface area contributed by atoms with Crippen LogP contribution in [0.5, 0.6) is 0 Å². The Bertz CT molecular complexity index is 275. The molecule has 0 radical (unpaired) electrons. The minimum atomic E-state index is 0.0367. The molecule has 4 nitrogen and oxygen atoms in total. The predicted octanol–water partition coefficient (Wildman–Crippen LogP) is 1.39. The van der Waals surface area contributed by atoms with E-state index >= 15 is 0 Å². The van der Waals surface area contributed by atoms with Crippen molar-refractivity contribution in [1.82, 2.24) is 4.90 Å². The number of carbonyl (C=O) groups excluding carboxylic acids is 1. The topological polar surface area (TPSA) is 55.6 Å². The van der Waals surface area contributed by atoms with Gasteiger partial charge in [0, 0.05) is 25.6 Å². The number of ether oxygens (including phenoxy) is 1. The lowest BCUT2D eigenvalue weighted by molar-refractivity contribution is -0.144. The lowest BCUT2D eigenvalue weighted by Crippen LogP contribution is -2.50. The third-order valence-electron chi connectivity index (χ3n) is 4.49. The first kappa shape index (κ1) is 13.8. The lowest BCUT2D eigenvalue weighted by atomic mass is 9.80. The molecule has 0 aromatic rings. The van der Waals surface area contributed by atoms with Crippen LogP contribution in [0.3, 0.4) is 0 Å². The fourth-order valence-electron chi connectivity index (χ4n) is 3.14. The smallest absolute Gasteiger partial charge is 0.225 e. The summed E-state index contributed by atoms with van der Waals surface area (Å²) in [7, 11) is 0. The highest BCUT2D eigenvalue weighted by Gasteiger charge is 2.31. The normalized spacial score (nSPS) is 33.4. The highest BCUT2D eigenvalue weighted by Crippen LogP contribution is 2.31. The van der Waals surface area contributed by atoms with Crippen LogP contribution in [0.1, 0.15) is 39.0 Å². The van der Waals surface area contributed by atoms with Gasteiger partial charge in [0.1, 0.15) is 0 Å². The largest absolute Gasteiger partial charge is 0.373 e. The summed E-state index contributed by atoms with van der Waals surface area (Å²) in [6.45, 7) is 4.82. The first-order valence-corrected chi connectivity index (χ1v) is 7.35. The van der Waals surface area contributed by atoms with Crippen LogP contribution in [0.4, 0.5) is 0 Å². The molecule has 0 bridgehead atoms. The SMILES string of the molecule is CCC1CCC(C(=O)N2CCOC(CN)C2)CC1. The molecule has 1 aliphatic heterocycles. The fraction of sp³-hybridized carbons (Fsp3) is 0.929. The second-order valence-electron chi connectivity index (χ2n) is 5.64. The van der Waals surface area contributed by atoms with Crippen LogP contribution in [-0.2, 0) is 9.53 Å². The fourth-order valence-corrected chi connectivity index (χ4v) is 3.14. The molecule has 1 saturated carbocycles. The molecule has 0 aromatic carbocycles. The van der Waals surface area contributed by atoms with Gasteiger partial charge in [0.25, 0.3) is 0 Å². The van der Waals surface area contributed by atoms with Gasteiger partial charge in [-0.25, -0.2) is 0 Å². The van der Waals surface area contributed by atoms with Crippen LogP contribution in [0.15, 0.2) is 0 Å². The molecule has 18 heavy (non-hydrogen) atoms. The number of hydrogen-bond acceptors (Lipinski definition) is 3. The summed E-state index contributed by atoms with van der Waals surface area (Å²) >= 11 is 0. The number of morpholine rings is 1. The zero-order valence-corrected chi connectivity index (χ0v) is 11.4. The molecule has 104 valence electrons.